The van der Waals surface area contributed by atoms with Crippen LogP contribution in [0.15, 0.2) is 59.5 Å². The van der Waals surface area contributed by atoms with Crippen LogP contribution < -0.4 is 9.64 Å². The number of methoxy groups -OCH3 is 1. The molecule has 1 aromatic heterocycles. The average molecular weight is 480 g/mol. The molecule has 1 amide bonds. The van der Waals surface area contributed by atoms with Crippen LogP contribution in [0, 0.1) is 0 Å². The number of amides is 1. The standard InChI is InChI=1S/C26H29N3O2S2/c1-5-28(6-2)14-15-29(26-27-24-22(32-4)12-9-13-23(24)33-26)25(30)20-16-18-10-7-8-11-19(18)17-21(20)31-3/h7-13,16-17H,5-6,14-15H2,1-4H3. The summed E-state index contributed by atoms with van der Waals surface area (Å²) in [6, 6.07) is 18.1. The fourth-order valence-corrected chi connectivity index (χ4v) is 5.60. The molecular formula is C26H29N3O2S2. The van der Waals surface area contributed by atoms with E-state index in [2.05, 4.69) is 37.1 Å². The number of benzene rings is 3. The molecule has 4 rings (SSSR count). The molecule has 0 saturated heterocycles. The Bertz CT molecular complexity index is 1270. The lowest BCUT2D eigenvalue weighted by atomic mass is 10.0. The summed E-state index contributed by atoms with van der Waals surface area (Å²) in [6.07, 6.45) is 2.05. The zero-order valence-electron chi connectivity index (χ0n) is 19.5. The second kappa shape index (κ2) is 10.5. The number of aromatic nitrogens is 1. The van der Waals surface area contributed by atoms with Crippen molar-refractivity contribution in [2.75, 3.05) is 44.4 Å². The molecule has 0 aliphatic carbocycles. The van der Waals surface area contributed by atoms with Crippen molar-refractivity contribution in [2.24, 2.45) is 0 Å². The van der Waals surface area contributed by atoms with E-state index in [4.69, 9.17) is 9.72 Å². The maximum atomic E-state index is 14.0. The minimum Gasteiger partial charge on any atom is -0.496 e. The number of para-hydroxylation sites is 1. The van der Waals surface area contributed by atoms with E-state index in [0.717, 1.165) is 50.7 Å². The summed E-state index contributed by atoms with van der Waals surface area (Å²) in [4.78, 5) is 24.2. The van der Waals surface area contributed by atoms with Crippen molar-refractivity contribution < 1.29 is 9.53 Å². The van der Waals surface area contributed by atoms with Gasteiger partial charge in [0.15, 0.2) is 5.13 Å². The van der Waals surface area contributed by atoms with Crippen LogP contribution in [0.2, 0.25) is 0 Å². The molecule has 1 heterocycles. The van der Waals surface area contributed by atoms with Crippen LogP contribution in [0.4, 0.5) is 5.13 Å². The average Bonchev–Trinajstić information content (AvgIpc) is 3.29. The highest BCUT2D eigenvalue weighted by Gasteiger charge is 2.25. The Morgan fingerprint density at radius 3 is 2.42 bits per heavy atom. The van der Waals surface area contributed by atoms with Crippen molar-refractivity contribution in [2.45, 2.75) is 18.7 Å². The van der Waals surface area contributed by atoms with Gasteiger partial charge in [-0.25, -0.2) is 4.98 Å². The van der Waals surface area contributed by atoms with Crippen LogP contribution in [-0.2, 0) is 0 Å². The minimum atomic E-state index is -0.0884. The summed E-state index contributed by atoms with van der Waals surface area (Å²) in [5, 5.41) is 2.78. The number of carbonyl (C=O) groups is 1. The number of thioether (sulfide) groups is 1. The predicted octanol–water partition coefficient (Wildman–Crippen LogP) is 6.17. The van der Waals surface area contributed by atoms with E-state index >= 15 is 0 Å². The summed E-state index contributed by atoms with van der Waals surface area (Å²) in [6.45, 7) is 7.50. The number of anilines is 1. The number of thiazole rings is 1. The number of likely N-dealkylation sites (N-methyl/N-ethyl adjacent to an activating group) is 1. The first kappa shape index (κ1) is 23.5. The molecule has 33 heavy (non-hydrogen) atoms. The zero-order chi connectivity index (χ0) is 23.4. The van der Waals surface area contributed by atoms with Crippen LogP contribution >= 0.6 is 23.1 Å². The fourth-order valence-electron chi connectivity index (χ4n) is 3.96. The SMILES string of the molecule is CCN(CC)CCN(C(=O)c1cc2ccccc2cc1OC)c1nc2c(SC)cccc2s1. The molecule has 5 nitrogen and oxygen atoms in total. The van der Waals surface area contributed by atoms with Gasteiger partial charge in [0.25, 0.3) is 5.91 Å². The number of carbonyl (C=O) groups excluding carboxylic acids is 1. The Morgan fingerprint density at radius 2 is 1.76 bits per heavy atom. The van der Waals surface area contributed by atoms with Crippen LogP contribution in [0.5, 0.6) is 5.75 Å². The number of rotatable bonds is 9. The monoisotopic (exact) mass is 479 g/mol. The van der Waals surface area contributed by atoms with Crippen molar-refractivity contribution in [1.82, 2.24) is 9.88 Å². The molecule has 0 saturated carbocycles. The molecule has 3 aromatic carbocycles. The summed E-state index contributed by atoms with van der Waals surface area (Å²) in [5.74, 6) is 0.493. The molecule has 0 atom stereocenters. The molecule has 0 unspecified atom stereocenters. The zero-order valence-corrected chi connectivity index (χ0v) is 21.1. The van der Waals surface area contributed by atoms with Crippen molar-refractivity contribution in [1.29, 1.82) is 0 Å². The van der Waals surface area contributed by atoms with E-state index in [9.17, 15) is 4.79 Å². The van der Waals surface area contributed by atoms with Crippen LogP contribution in [0.1, 0.15) is 24.2 Å². The third-order valence-corrected chi connectivity index (χ3v) is 7.71. The van der Waals surface area contributed by atoms with E-state index in [1.54, 1.807) is 30.2 Å². The number of nitrogens with zero attached hydrogens (tertiary/aromatic N) is 3. The smallest absolute Gasteiger partial charge is 0.263 e. The third kappa shape index (κ3) is 4.86. The number of hydrogen-bond acceptors (Lipinski definition) is 6. The van der Waals surface area contributed by atoms with Crippen molar-refractivity contribution >= 4 is 55.1 Å². The van der Waals surface area contributed by atoms with E-state index in [1.165, 1.54) is 0 Å². The van der Waals surface area contributed by atoms with Crippen LogP contribution in [-0.4, -0.2) is 55.3 Å². The van der Waals surface area contributed by atoms with Crippen molar-refractivity contribution in [3.8, 4) is 5.75 Å². The first-order valence-corrected chi connectivity index (χ1v) is 13.2. The first-order valence-electron chi connectivity index (χ1n) is 11.1. The van der Waals surface area contributed by atoms with Gasteiger partial charge in [-0.15, -0.1) is 11.8 Å². The maximum absolute atomic E-state index is 14.0. The van der Waals surface area contributed by atoms with E-state index < -0.39 is 0 Å². The molecule has 0 aliphatic heterocycles. The highest BCUT2D eigenvalue weighted by molar-refractivity contribution is 7.98. The fraction of sp³-hybridized carbons (Fsp3) is 0.308. The Morgan fingerprint density at radius 1 is 1.03 bits per heavy atom. The first-order chi connectivity index (χ1) is 16.1. The largest absolute Gasteiger partial charge is 0.496 e. The summed E-state index contributed by atoms with van der Waals surface area (Å²) in [7, 11) is 1.61. The molecule has 0 fully saturated rings. The molecule has 0 bridgehead atoms. The summed E-state index contributed by atoms with van der Waals surface area (Å²) >= 11 is 3.24. The maximum Gasteiger partial charge on any atom is 0.263 e. The van der Waals surface area contributed by atoms with Gasteiger partial charge in [0.1, 0.15) is 5.75 Å². The molecule has 4 aromatic rings. The predicted molar refractivity (Wildman–Crippen MR) is 141 cm³/mol. The lowest BCUT2D eigenvalue weighted by Gasteiger charge is -2.25. The normalized spacial score (nSPS) is 11.4. The van der Waals surface area contributed by atoms with Gasteiger partial charge in [0, 0.05) is 18.0 Å². The molecule has 0 aliphatic rings. The Hall–Kier alpha value is -2.61. The van der Waals surface area contributed by atoms with Gasteiger partial charge in [0.05, 0.1) is 22.9 Å². The Labute approximate surface area is 203 Å². The Balaban J connectivity index is 1.79. The molecule has 0 radical (unpaired) electrons. The third-order valence-electron chi connectivity index (χ3n) is 5.90. The highest BCUT2D eigenvalue weighted by Crippen LogP contribution is 2.36. The summed E-state index contributed by atoms with van der Waals surface area (Å²) in [5.41, 5.74) is 1.51. The highest BCUT2D eigenvalue weighted by atomic mass is 32.2. The van der Waals surface area contributed by atoms with Crippen molar-refractivity contribution in [3.05, 3.63) is 60.2 Å². The lowest BCUT2D eigenvalue weighted by molar-refractivity contribution is 0.0981. The topological polar surface area (TPSA) is 45.7 Å². The molecule has 0 N–H and O–H groups in total. The lowest BCUT2D eigenvalue weighted by Crippen LogP contribution is -2.39. The van der Waals surface area contributed by atoms with E-state index in [1.807, 2.05) is 47.4 Å². The van der Waals surface area contributed by atoms with Gasteiger partial charge in [-0.3, -0.25) is 9.69 Å². The molecule has 0 spiro atoms. The molecular weight excluding hydrogens is 450 g/mol. The molecule has 172 valence electrons. The second-order valence-electron chi connectivity index (χ2n) is 7.69. The van der Waals surface area contributed by atoms with Crippen molar-refractivity contribution in [3.63, 3.8) is 0 Å². The summed E-state index contributed by atoms with van der Waals surface area (Å²) < 4.78 is 6.73. The quantitative estimate of drug-likeness (QED) is 0.269. The van der Waals surface area contributed by atoms with Gasteiger partial charge in [-0.1, -0.05) is 55.5 Å². The number of ether oxygens (including phenoxy) is 1. The van der Waals surface area contributed by atoms with Gasteiger partial charge < -0.3 is 9.64 Å². The Kier molecular flexibility index (Phi) is 7.53. The van der Waals surface area contributed by atoms with Crippen LogP contribution in [0.25, 0.3) is 21.0 Å². The van der Waals surface area contributed by atoms with Gasteiger partial charge in [0.2, 0.25) is 0 Å². The van der Waals surface area contributed by atoms with Gasteiger partial charge in [-0.05, 0) is 54.4 Å². The number of fused-ring (bicyclic) bond motifs is 2. The van der Waals surface area contributed by atoms with Gasteiger partial charge in [-0.2, -0.15) is 0 Å². The van der Waals surface area contributed by atoms with E-state index in [-0.39, 0.29) is 5.91 Å². The number of hydrogen-bond donors (Lipinski definition) is 0. The van der Waals surface area contributed by atoms with Gasteiger partial charge >= 0.3 is 0 Å². The minimum absolute atomic E-state index is 0.0884. The van der Waals surface area contributed by atoms with E-state index in [0.29, 0.717) is 17.9 Å². The second-order valence-corrected chi connectivity index (χ2v) is 9.54. The molecule has 7 heteroatoms. The van der Waals surface area contributed by atoms with Crippen LogP contribution in [0.3, 0.4) is 0 Å².